The van der Waals surface area contributed by atoms with E-state index in [4.69, 9.17) is 4.65 Å². The van der Waals surface area contributed by atoms with Crippen LogP contribution in [0.15, 0.2) is 30.3 Å². The van der Waals surface area contributed by atoms with Gasteiger partial charge in [0, 0.05) is 12.7 Å². The SMILES string of the molecule is COBC(=O)c1ccccc1. The van der Waals surface area contributed by atoms with E-state index >= 15 is 0 Å². The zero-order valence-corrected chi connectivity index (χ0v) is 6.41. The molecule has 11 heavy (non-hydrogen) atoms. The summed E-state index contributed by atoms with van der Waals surface area (Å²) in [5.41, 5.74) is 0.724. The maximum atomic E-state index is 11.1. The number of hydrogen-bond acceptors (Lipinski definition) is 2. The highest BCUT2D eigenvalue weighted by Crippen LogP contribution is 1.98. The molecule has 0 fully saturated rings. The minimum Gasteiger partial charge on any atom is -0.434 e. The average molecular weight is 148 g/mol. The lowest BCUT2D eigenvalue weighted by Crippen LogP contribution is -2.10. The monoisotopic (exact) mass is 148 g/mol. The van der Waals surface area contributed by atoms with Gasteiger partial charge in [-0.3, -0.25) is 0 Å². The van der Waals surface area contributed by atoms with Gasteiger partial charge in [-0.2, -0.15) is 0 Å². The molecule has 0 aliphatic carbocycles. The Morgan fingerprint density at radius 3 is 2.55 bits per heavy atom. The molecule has 0 saturated heterocycles. The lowest BCUT2D eigenvalue weighted by Gasteiger charge is -1.95. The number of carbonyl (C=O) groups excluding carboxylic acids is 1. The van der Waals surface area contributed by atoms with Gasteiger partial charge in [0.1, 0.15) is 0 Å². The van der Waals surface area contributed by atoms with Crippen molar-refractivity contribution < 1.29 is 9.45 Å². The van der Waals surface area contributed by atoms with E-state index in [0.29, 0.717) is 5.56 Å². The fourth-order valence-electron chi connectivity index (χ4n) is 0.838. The van der Waals surface area contributed by atoms with Gasteiger partial charge in [0.05, 0.1) is 0 Å². The molecule has 0 aliphatic rings. The zero-order valence-electron chi connectivity index (χ0n) is 6.41. The van der Waals surface area contributed by atoms with Crippen molar-refractivity contribution >= 4 is 13.2 Å². The van der Waals surface area contributed by atoms with E-state index in [1.54, 1.807) is 12.1 Å². The standard InChI is InChI=1S/C8H9BO2/c1-11-9-8(10)7-5-3-2-4-6-7/h2-6,9H,1H3. The van der Waals surface area contributed by atoms with Gasteiger partial charge < -0.3 is 9.45 Å². The van der Waals surface area contributed by atoms with Crippen LogP contribution >= 0.6 is 0 Å². The first-order chi connectivity index (χ1) is 5.34. The van der Waals surface area contributed by atoms with Crippen LogP contribution in [-0.2, 0) is 4.65 Å². The second kappa shape index (κ2) is 3.93. The Labute approximate surface area is 66.5 Å². The van der Waals surface area contributed by atoms with Gasteiger partial charge in [-0.25, -0.2) is 0 Å². The Balaban J connectivity index is 2.69. The molecule has 0 heterocycles. The van der Waals surface area contributed by atoms with Crippen LogP contribution in [-0.4, -0.2) is 20.3 Å². The third-order valence-electron chi connectivity index (χ3n) is 1.37. The van der Waals surface area contributed by atoms with Gasteiger partial charge in [-0.05, 0) is 0 Å². The topological polar surface area (TPSA) is 26.3 Å². The molecular weight excluding hydrogens is 139 g/mol. The van der Waals surface area contributed by atoms with Gasteiger partial charge in [0.15, 0.2) is 5.68 Å². The Bertz CT molecular complexity index is 233. The van der Waals surface area contributed by atoms with Gasteiger partial charge in [0.2, 0.25) is 0 Å². The molecule has 56 valence electrons. The molecule has 0 amide bonds. The second-order valence-electron chi connectivity index (χ2n) is 2.22. The Kier molecular flexibility index (Phi) is 2.87. The molecule has 0 unspecified atom stereocenters. The van der Waals surface area contributed by atoms with Crippen LogP contribution < -0.4 is 0 Å². The number of hydrogen-bond donors (Lipinski definition) is 0. The molecule has 1 aromatic rings. The van der Waals surface area contributed by atoms with E-state index in [0.717, 1.165) is 0 Å². The highest BCUT2D eigenvalue weighted by molar-refractivity contribution is 6.72. The molecule has 3 heteroatoms. The maximum absolute atomic E-state index is 11.1. The third kappa shape index (κ3) is 2.20. The first kappa shape index (κ1) is 8.02. The summed E-state index contributed by atoms with van der Waals surface area (Å²) in [5, 5.41) is 0. The van der Waals surface area contributed by atoms with E-state index < -0.39 is 0 Å². The first-order valence-corrected chi connectivity index (χ1v) is 3.42. The number of benzene rings is 1. The van der Waals surface area contributed by atoms with Crippen molar-refractivity contribution in [3.63, 3.8) is 0 Å². The van der Waals surface area contributed by atoms with Crippen molar-refractivity contribution in [2.45, 2.75) is 0 Å². The van der Waals surface area contributed by atoms with Crippen LogP contribution in [0.4, 0.5) is 0 Å². The third-order valence-corrected chi connectivity index (χ3v) is 1.37. The molecule has 0 atom stereocenters. The largest absolute Gasteiger partial charge is 0.434 e. The van der Waals surface area contributed by atoms with Gasteiger partial charge in [-0.1, -0.05) is 30.3 Å². The van der Waals surface area contributed by atoms with Crippen molar-refractivity contribution in [3.05, 3.63) is 35.9 Å². The molecule has 0 N–H and O–H groups in total. The van der Waals surface area contributed by atoms with Crippen molar-refractivity contribution in [1.82, 2.24) is 0 Å². The number of rotatable bonds is 3. The van der Waals surface area contributed by atoms with Crippen LogP contribution in [0.2, 0.25) is 0 Å². The lowest BCUT2D eigenvalue weighted by atomic mass is 9.88. The van der Waals surface area contributed by atoms with E-state index in [1.165, 1.54) is 7.11 Å². The summed E-state index contributed by atoms with van der Waals surface area (Å²) in [4.78, 5) is 11.1. The van der Waals surface area contributed by atoms with E-state index in [-0.39, 0.29) is 13.2 Å². The van der Waals surface area contributed by atoms with E-state index in [9.17, 15) is 4.79 Å². The molecule has 0 saturated carbocycles. The zero-order chi connectivity index (χ0) is 8.10. The average Bonchev–Trinajstić information content (AvgIpc) is 2.07. The van der Waals surface area contributed by atoms with Crippen molar-refractivity contribution in [3.8, 4) is 0 Å². The molecule has 1 aromatic carbocycles. The van der Waals surface area contributed by atoms with Crippen molar-refractivity contribution in [1.29, 1.82) is 0 Å². The fourth-order valence-corrected chi connectivity index (χ4v) is 0.838. The van der Waals surface area contributed by atoms with Crippen molar-refractivity contribution in [2.75, 3.05) is 7.11 Å². The lowest BCUT2D eigenvalue weighted by molar-refractivity contribution is 0.106. The number of carbonyl (C=O) groups is 1. The molecule has 2 nitrogen and oxygen atoms in total. The van der Waals surface area contributed by atoms with Crippen LogP contribution in [0.3, 0.4) is 0 Å². The molecule has 0 spiro atoms. The Hall–Kier alpha value is -1.09. The first-order valence-electron chi connectivity index (χ1n) is 3.42. The van der Waals surface area contributed by atoms with Crippen molar-refractivity contribution in [2.24, 2.45) is 0 Å². The fraction of sp³-hybridized carbons (Fsp3) is 0.125. The maximum Gasteiger partial charge on any atom is 0.357 e. The van der Waals surface area contributed by atoms with E-state index in [2.05, 4.69) is 0 Å². The molecule has 0 bridgehead atoms. The van der Waals surface area contributed by atoms with Gasteiger partial charge in [-0.15, -0.1) is 0 Å². The summed E-state index contributed by atoms with van der Waals surface area (Å²) in [6.07, 6.45) is 0. The molecule has 1 rings (SSSR count). The smallest absolute Gasteiger partial charge is 0.357 e. The quantitative estimate of drug-likeness (QED) is 0.593. The van der Waals surface area contributed by atoms with Crippen LogP contribution in [0.1, 0.15) is 10.4 Å². The highest BCUT2D eigenvalue weighted by atomic mass is 16.4. The van der Waals surface area contributed by atoms with Gasteiger partial charge in [0.25, 0.3) is 0 Å². The van der Waals surface area contributed by atoms with Crippen LogP contribution in [0.25, 0.3) is 0 Å². The summed E-state index contributed by atoms with van der Waals surface area (Å²) in [7, 11) is 1.67. The van der Waals surface area contributed by atoms with Crippen LogP contribution in [0.5, 0.6) is 0 Å². The van der Waals surface area contributed by atoms with E-state index in [1.807, 2.05) is 18.2 Å². The van der Waals surface area contributed by atoms with Crippen LogP contribution in [0, 0.1) is 0 Å². The molecule has 0 aliphatic heterocycles. The Morgan fingerprint density at radius 2 is 2.00 bits per heavy atom. The van der Waals surface area contributed by atoms with Gasteiger partial charge >= 0.3 is 7.48 Å². The highest BCUT2D eigenvalue weighted by Gasteiger charge is 2.04. The predicted molar refractivity (Wildman–Crippen MR) is 44.9 cm³/mol. The normalized spacial score (nSPS) is 9.18. The summed E-state index contributed by atoms with van der Waals surface area (Å²) in [5.74, 6) is 0. The minimum atomic E-state index is 0.0214. The summed E-state index contributed by atoms with van der Waals surface area (Å²) < 4.78 is 4.71. The summed E-state index contributed by atoms with van der Waals surface area (Å²) in [6, 6.07) is 9.11. The Morgan fingerprint density at radius 1 is 1.36 bits per heavy atom. The second-order valence-corrected chi connectivity index (χ2v) is 2.22. The summed E-state index contributed by atoms with van der Waals surface area (Å²) >= 11 is 0. The summed E-state index contributed by atoms with van der Waals surface area (Å²) in [6.45, 7) is 0. The predicted octanol–water partition coefficient (Wildman–Crippen LogP) is 0.825. The molecule has 0 aromatic heterocycles. The molecule has 0 radical (unpaired) electrons. The minimum absolute atomic E-state index is 0.0214. The molecular formula is C8H9BO2.